The standard InChI is InChI=1S/C40H38ClF2N5O6/c1-24(49)31-22-47(34-13-12-25(17-30(31)34)26-19-44-39(45-20-26)36(50)11-6-14-54-16-15-53-2)23-37(51)48-21-27(42)18-35(48)40(52)46-33-10-5-8-29(38(33)43)28-7-3-4-9-32(28)41/h3-5,7-10,12-13,17,19-20,22,27,35H,6,11,14-16,18,21,23H2,1-2H3,(H,46,52)/t27-,35+/m1/s1. The van der Waals surface area contributed by atoms with Gasteiger partial charge >= 0.3 is 0 Å². The van der Waals surface area contributed by atoms with E-state index in [2.05, 4.69) is 15.3 Å². The van der Waals surface area contributed by atoms with Crippen LogP contribution in [0, 0.1) is 5.82 Å². The van der Waals surface area contributed by atoms with E-state index in [4.69, 9.17) is 21.1 Å². The van der Waals surface area contributed by atoms with Crippen molar-refractivity contribution in [3.63, 3.8) is 0 Å². The summed E-state index contributed by atoms with van der Waals surface area (Å²) in [7, 11) is 1.59. The number of rotatable bonds is 15. The van der Waals surface area contributed by atoms with Gasteiger partial charge in [0.15, 0.2) is 23.2 Å². The van der Waals surface area contributed by atoms with Gasteiger partial charge in [0, 0.05) is 83.3 Å². The molecule has 3 aromatic carbocycles. The molecule has 1 saturated heterocycles. The average molecular weight is 758 g/mol. The Morgan fingerprint density at radius 2 is 1.72 bits per heavy atom. The van der Waals surface area contributed by atoms with Gasteiger partial charge in [-0.1, -0.05) is 48.0 Å². The van der Waals surface area contributed by atoms with Crippen molar-refractivity contribution in [2.24, 2.45) is 0 Å². The van der Waals surface area contributed by atoms with Crippen LogP contribution >= 0.6 is 11.6 Å². The number of benzene rings is 3. The summed E-state index contributed by atoms with van der Waals surface area (Å²) in [6.07, 6.45) is 3.66. The highest BCUT2D eigenvalue weighted by molar-refractivity contribution is 6.33. The van der Waals surface area contributed by atoms with Gasteiger partial charge in [0.05, 0.1) is 25.4 Å². The van der Waals surface area contributed by atoms with Crippen LogP contribution in [0.3, 0.4) is 0 Å². The first-order valence-corrected chi connectivity index (χ1v) is 17.8. The van der Waals surface area contributed by atoms with Crippen LogP contribution in [0.5, 0.6) is 0 Å². The summed E-state index contributed by atoms with van der Waals surface area (Å²) in [5.41, 5.74) is 2.70. The zero-order valence-corrected chi connectivity index (χ0v) is 30.4. The average Bonchev–Trinajstić information content (AvgIpc) is 3.74. The van der Waals surface area contributed by atoms with Gasteiger partial charge in [-0.2, -0.15) is 0 Å². The van der Waals surface area contributed by atoms with Crippen molar-refractivity contribution >= 4 is 51.6 Å². The Labute approximate surface area is 315 Å². The zero-order valence-electron chi connectivity index (χ0n) is 29.7. The number of ether oxygens (including phenoxy) is 2. The summed E-state index contributed by atoms with van der Waals surface area (Å²) in [5, 5.41) is 3.44. The maximum absolute atomic E-state index is 15.6. The number of anilines is 1. The molecule has 0 unspecified atom stereocenters. The lowest BCUT2D eigenvalue weighted by Gasteiger charge is -2.24. The van der Waals surface area contributed by atoms with Crippen LogP contribution in [0.1, 0.15) is 47.2 Å². The van der Waals surface area contributed by atoms with Crippen molar-refractivity contribution in [1.82, 2.24) is 19.4 Å². The van der Waals surface area contributed by atoms with E-state index in [0.717, 1.165) is 4.90 Å². The van der Waals surface area contributed by atoms with E-state index < -0.39 is 29.8 Å². The summed E-state index contributed by atoms with van der Waals surface area (Å²) in [4.78, 5) is 62.2. The number of ketones is 2. The number of likely N-dealkylation sites (tertiary alicyclic amines) is 1. The van der Waals surface area contributed by atoms with Gasteiger partial charge in [-0.05, 0) is 43.2 Å². The number of Topliss-reactive ketones (excluding diaryl/α,β-unsaturated/α-hetero) is 2. The van der Waals surface area contributed by atoms with E-state index in [1.165, 1.54) is 31.5 Å². The number of amides is 2. The number of hydrogen-bond donors (Lipinski definition) is 1. The summed E-state index contributed by atoms with van der Waals surface area (Å²) >= 11 is 6.28. The Hall–Kier alpha value is -5.37. The Kier molecular flexibility index (Phi) is 12.2. The van der Waals surface area contributed by atoms with E-state index in [1.807, 2.05) is 0 Å². The number of halogens is 3. The van der Waals surface area contributed by atoms with Crippen molar-refractivity contribution in [2.45, 2.75) is 44.9 Å². The first-order valence-electron chi connectivity index (χ1n) is 17.4. The van der Waals surface area contributed by atoms with Gasteiger partial charge in [0.2, 0.25) is 11.8 Å². The van der Waals surface area contributed by atoms with Crippen LogP contribution < -0.4 is 5.32 Å². The molecule has 1 fully saturated rings. The molecule has 2 amide bonds. The van der Waals surface area contributed by atoms with Gasteiger partial charge in [-0.3, -0.25) is 19.2 Å². The summed E-state index contributed by atoms with van der Waals surface area (Å²) < 4.78 is 42.3. The molecule has 5 aromatic rings. The van der Waals surface area contributed by atoms with Gasteiger partial charge < -0.3 is 24.3 Å². The molecule has 3 heterocycles. The Morgan fingerprint density at radius 1 is 0.963 bits per heavy atom. The predicted octanol–water partition coefficient (Wildman–Crippen LogP) is 6.96. The van der Waals surface area contributed by atoms with E-state index >= 15 is 4.39 Å². The minimum absolute atomic E-state index is 0.0889. The molecule has 0 aliphatic carbocycles. The largest absolute Gasteiger partial charge is 0.382 e. The predicted molar refractivity (Wildman–Crippen MR) is 200 cm³/mol. The molecule has 1 aliphatic rings. The molecule has 14 heteroatoms. The Bertz CT molecular complexity index is 2190. The number of fused-ring (bicyclic) bond motifs is 1. The molecule has 1 N–H and O–H groups in total. The minimum atomic E-state index is -1.47. The fourth-order valence-corrected chi connectivity index (χ4v) is 6.72. The molecule has 6 rings (SSSR count). The molecule has 280 valence electrons. The Morgan fingerprint density at radius 3 is 2.46 bits per heavy atom. The van der Waals surface area contributed by atoms with Crippen LogP contribution in [-0.4, -0.2) is 88.5 Å². The van der Waals surface area contributed by atoms with E-state index in [1.54, 1.807) is 66.4 Å². The number of aromatic nitrogens is 3. The highest BCUT2D eigenvalue weighted by Gasteiger charge is 2.40. The molecular weight excluding hydrogens is 720 g/mol. The Balaban J connectivity index is 1.16. The quantitative estimate of drug-likeness (QED) is 0.0896. The molecule has 2 atom stereocenters. The molecule has 54 heavy (non-hydrogen) atoms. The number of nitrogens with zero attached hydrogens (tertiary/aromatic N) is 4. The van der Waals surface area contributed by atoms with Crippen molar-refractivity contribution in [3.8, 4) is 22.3 Å². The second-order valence-corrected chi connectivity index (χ2v) is 13.3. The number of alkyl halides is 1. The third kappa shape index (κ3) is 8.54. The molecule has 2 aromatic heterocycles. The molecule has 1 aliphatic heterocycles. The smallest absolute Gasteiger partial charge is 0.247 e. The summed E-state index contributed by atoms with van der Waals surface area (Å²) in [5.74, 6) is -2.35. The van der Waals surface area contributed by atoms with Gasteiger partial charge in [-0.15, -0.1) is 0 Å². The van der Waals surface area contributed by atoms with Crippen LogP contribution in [-0.2, 0) is 25.6 Å². The normalized spacial score (nSPS) is 15.5. The van der Waals surface area contributed by atoms with Crippen LogP contribution in [0.25, 0.3) is 33.2 Å². The molecule has 0 spiro atoms. The molecule has 0 radical (unpaired) electrons. The molecule has 11 nitrogen and oxygen atoms in total. The lowest BCUT2D eigenvalue weighted by atomic mass is 10.0. The lowest BCUT2D eigenvalue weighted by molar-refractivity contribution is -0.137. The maximum atomic E-state index is 15.6. The first-order chi connectivity index (χ1) is 26.0. The van der Waals surface area contributed by atoms with Crippen molar-refractivity contribution < 1.29 is 37.4 Å². The van der Waals surface area contributed by atoms with Gasteiger partial charge in [0.25, 0.3) is 0 Å². The monoisotopic (exact) mass is 757 g/mol. The number of carbonyl (C=O) groups excluding carboxylic acids is 4. The maximum Gasteiger partial charge on any atom is 0.247 e. The second kappa shape index (κ2) is 17.2. The van der Waals surface area contributed by atoms with Crippen LogP contribution in [0.2, 0.25) is 5.02 Å². The van der Waals surface area contributed by atoms with Gasteiger partial charge in [0.1, 0.15) is 18.8 Å². The fourth-order valence-electron chi connectivity index (χ4n) is 6.48. The lowest BCUT2D eigenvalue weighted by Crippen LogP contribution is -2.44. The SMILES string of the molecule is COCCOCCCC(=O)c1ncc(-c2ccc3c(c2)c(C(C)=O)cn3CC(=O)N2C[C@H](F)C[C@H]2C(=O)Nc2cccc(-c3ccccc3Cl)c2F)cn1. The number of methoxy groups -OCH3 is 1. The van der Waals surface area contributed by atoms with Crippen molar-refractivity contribution in [2.75, 3.05) is 38.8 Å². The first kappa shape index (κ1) is 38.4. The number of hydrogen-bond acceptors (Lipinski definition) is 8. The van der Waals surface area contributed by atoms with E-state index in [0.29, 0.717) is 64.4 Å². The van der Waals surface area contributed by atoms with E-state index in [9.17, 15) is 23.6 Å². The molecule has 0 bridgehead atoms. The highest BCUT2D eigenvalue weighted by atomic mass is 35.5. The van der Waals surface area contributed by atoms with Crippen LogP contribution in [0.4, 0.5) is 14.5 Å². The van der Waals surface area contributed by atoms with Crippen molar-refractivity contribution in [3.05, 3.63) is 101 Å². The third-order valence-corrected chi connectivity index (χ3v) is 9.55. The third-order valence-electron chi connectivity index (χ3n) is 9.22. The fraction of sp³-hybridized carbons (Fsp3) is 0.300. The molecule has 0 saturated carbocycles. The minimum Gasteiger partial charge on any atom is -0.382 e. The van der Waals surface area contributed by atoms with Crippen LogP contribution in [0.15, 0.2) is 79.3 Å². The number of carbonyl (C=O) groups is 4. The van der Waals surface area contributed by atoms with Gasteiger partial charge in [-0.25, -0.2) is 18.7 Å². The summed E-state index contributed by atoms with van der Waals surface area (Å²) in [6, 6.07) is 15.3. The highest BCUT2D eigenvalue weighted by Crippen LogP contribution is 2.34. The second-order valence-electron chi connectivity index (χ2n) is 12.9. The zero-order chi connectivity index (χ0) is 38.4. The van der Waals surface area contributed by atoms with E-state index in [-0.39, 0.29) is 54.6 Å². The summed E-state index contributed by atoms with van der Waals surface area (Å²) in [6.45, 7) is 2.16. The van der Waals surface area contributed by atoms with Crippen molar-refractivity contribution in [1.29, 1.82) is 0 Å². The number of nitrogens with one attached hydrogen (secondary N) is 1. The molecular formula is C40H38ClF2N5O6. The topological polar surface area (TPSA) is 133 Å².